The van der Waals surface area contributed by atoms with E-state index in [-0.39, 0.29) is 10.5 Å². The fourth-order valence-electron chi connectivity index (χ4n) is 3.18. The molecule has 4 rings (SSSR count). The molecule has 2 aromatic carbocycles. The number of H-pyrrole nitrogens is 1. The molecule has 0 fully saturated rings. The van der Waals surface area contributed by atoms with Crippen LogP contribution in [-0.4, -0.2) is 24.3 Å². The van der Waals surface area contributed by atoms with Crippen molar-refractivity contribution in [3.63, 3.8) is 0 Å². The van der Waals surface area contributed by atoms with Crippen molar-refractivity contribution in [1.29, 1.82) is 0 Å². The van der Waals surface area contributed by atoms with Gasteiger partial charge in [0.05, 0.1) is 10.4 Å². The maximum atomic E-state index is 13.1. The molecule has 1 aromatic heterocycles. The Hall–Kier alpha value is -2.38. The smallest absolute Gasteiger partial charge is 0.408 e. The molecular formula is C17H16N2O4S. The number of fused-ring (bicyclic) bond motifs is 2. The Kier molecular flexibility index (Phi) is 3.36. The first-order valence-corrected chi connectivity index (χ1v) is 9.09. The summed E-state index contributed by atoms with van der Waals surface area (Å²) in [5.41, 5.74) is 3.55. The fraction of sp³-hybridized carbons (Fsp3) is 0.235. The predicted molar refractivity (Wildman–Crippen MR) is 89.3 cm³/mol. The minimum Gasteiger partial charge on any atom is -0.408 e. The van der Waals surface area contributed by atoms with E-state index in [0.717, 1.165) is 5.56 Å². The molecule has 0 radical (unpaired) electrons. The van der Waals surface area contributed by atoms with E-state index in [1.807, 2.05) is 24.3 Å². The van der Waals surface area contributed by atoms with Crippen LogP contribution >= 0.6 is 0 Å². The maximum absolute atomic E-state index is 13.1. The molecule has 24 heavy (non-hydrogen) atoms. The van der Waals surface area contributed by atoms with Crippen molar-refractivity contribution in [1.82, 2.24) is 9.29 Å². The number of aromatic nitrogens is 1. The molecule has 0 amide bonds. The highest BCUT2D eigenvalue weighted by Crippen LogP contribution is 2.28. The van der Waals surface area contributed by atoms with Crippen LogP contribution < -0.4 is 5.76 Å². The van der Waals surface area contributed by atoms with Gasteiger partial charge in [-0.2, -0.15) is 4.31 Å². The van der Waals surface area contributed by atoms with Gasteiger partial charge in [0.1, 0.15) is 0 Å². The predicted octanol–water partition coefficient (Wildman–Crippen LogP) is 2.18. The summed E-state index contributed by atoms with van der Waals surface area (Å²) in [6.07, 6.45) is 0.690. The number of aryl methyl sites for hydroxylation is 1. The number of nitrogens with zero attached hydrogens (tertiary/aromatic N) is 1. The Labute approximate surface area is 138 Å². The van der Waals surface area contributed by atoms with Gasteiger partial charge in [-0.25, -0.2) is 13.2 Å². The molecule has 0 saturated carbocycles. The fourth-order valence-corrected chi connectivity index (χ4v) is 4.82. The molecule has 0 atom stereocenters. The molecule has 1 aliphatic rings. The molecule has 0 bridgehead atoms. The summed E-state index contributed by atoms with van der Waals surface area (Å²) in [6.45, 7) is 2.51. The lowest BCUT2D eigenvalue weighted by atomic mass is 10.0. The summed E-state index contributed by atoms with van der Waals surface area (Å²) in [5, 5.41) is 0. The second kappa shape index (κ2) is 5.32. The normalized spacial score (nSPS) is 15.5. The largest absolute Gasteiger partial charge is 0.417 e. The SMILES string of the molecule is Cc1cc2[nH]c(=O)oc2cc1S(=O)(=O)N1CCc2ccccc2C1. The maximum Gasteiger partial charge on any atom is 0.417 e. The molecule has 0 saturated heterocycles. The zero-order chi connectivity index (χ0) is 16.9. The Morgan fingerprint density at radius 3 is 2.71 bits per heavy atom. The third kappa shape index (κ3) is 2.37. The summed E-state index contributed by atoms with van der Waals surface area (Å²) < 4.78 is 32.6. The third-order valence-electron chi connectivity index (χ3n) is 4.43. The highest BCUT2D eigenvalue weighted by molar-refractivity contribution is 7.89. The van der Waals surface area contributed by atoms with E-state index in [9.17, 15) is 13.2 Å². The van der Waals surface area contributed by atoms with Gasteiger partial charge in [-0.1, -0.05) is 24.3 Å². The van der Waals surface area contributed by atoms with Gasteiger partial charge in [-0.15, -0.1) is 0 Å². The second-order valence-electron chi connectivity index (χ2n) is 5.99. The van der Waals surface area contributed by atoms with E-state index in [4.69, 9.17) is 4.42 Å². The molecule has 1 N–H and O–H groups in total. The number of sulfonamides is 1. The molecule has 3 aromatic rings. The van der Waals surface area contributed by atoms with Crippen molar-refractivity contribution in [3.05, 3.63) is 63.6 Å². The molecule has 1 aliphatic heterocycles. The van der Waals surface area contributed by atoms with Gasteiger partial charge in [-0.05, 0) is 36.1 Å². The standard InChI is InChI=1S/C17H16N2O4S/c1-11-8-14-15(23-17(20)18-14)9-16(11)24(21,22)19-7-6-12-4-2-3-5-13(12)10-19/h2-5,8-9H,6-7,10H2,1H3,(H,18,20). The second-order valence-corrected chi connectivity index (χ2v) is 7.89. The average molecular weight is 344 g/mol. The van der Waals surface area contributed by atoms with Gasteiger partial charge in [-0.3, -0.25) is 4.98 Å². The monoisotopic (exact) mass is 344 g/mol. The third-order valence-corrected chi connectivity index (χ3v) is 6.42. The number of aromatic amines is 1. The van der Waals surface area contributed by atoms with Gasteiger partial charge in [0.15, 0.2) is 5.58 Å². The Bertz CT molecular complexity index is 1100. The van der Waals surface area contributed by atoms with E-state index >= 15 is 0 Å². The van der Waals surface area contributed by atoms with E-state index in [2.05, 4.69) is 4.98 Å². The first-order valence-electron chi connectivity index (χ1n) is 7.65. The minimum absolute atomic E-state index is 0.178. The van der Waals surface area contributed by atoms with Crippen LogP contribution in [0.1, 0.15) is 16.7 Å². The quantitative estimate of drug-likeness (QED) is 0.772. The lowest BCUT2D eigenvalue weighted by Crippen LogP contribution is -2.36. The Balaban J connectivity index is 1.78. The molecule has 0 unspecified atom stereocenters. The van der Waals surface area contributed by atoms with Crippen LogP contribution in [0.25, 0.3) is 11.1 Å². The molecule has 7 heteroatoms. The summed E-state index contributed by atoms with van der Waals surface area (Å²) >= 11 is 0. The van der Waals surface area contributed by atoms with Crippen LogP contribution in [0.3, 0.4) is 0 Å². The summed E-state index contributed by atoms with van der Waals surface area (Å²) in [7, 11) is -3.66. The molecule has 0 spiro atoms. The van der Waals surface area contributed by atoms with Crippen LogP contribution in [0.15, 0.2) is 50.5 Å². The van der Waals surface area contributed by atoms with E-state index in [1.54, 1.807) is 13.0 Å². The topological polar surface area (TPSA) is 83.4 Å². The minimum atomic E-state index is -3.66. The molecule has 2 heterocycles. The average Bonchev–Trinajstić information content (AvgIpc) is 2.92. The molecule has 124 valence electrons. The van der Waals surface area contributed by atoms with E-state index in [1.165, 1.54) is 15.9 Å². The van der Waals surface area contributed by atoms with Gasteiger partial charge in [0.2, 0.25) is 10.0 Å². The van der Waals surface area contributed by atoms with Crippen LogP contribution in [0.5, 0.6) is 0 Å². The number of nitrogens with one attached hydrogen (secondary N) is 1. The van der Waals surface area contributed by atoms with Crippen LogP contribution in [0.2, 0.25) is 0 Å². The highest BCUT2D eigenvalue weighted by atomic mass is 32.2. The van der Waals surface area contributed by atoms with Crippen molar-refractivity contribution in [3.8, 4) is 0 Å². The van der Waals surface area contributed by atoms with Gasteiger partial charge in [0.25, 0.3) is 0 Å². The molecule has 6 nitrogen and oxygen atoms in total. The lowest BCUT2D eigenvalue weighted by Gasteiger charge is -2.28. The zero-order valence-electron chi connectivity index (χ0n) is 13.1. The van der Waals surface area contributed by atoms with E-state index in [0.29, 0.717) is 30.6 Å². The van der Waals surface area contributed by atoms with Crippen LogP contribution in [-0.2, 0) is 23.0 Å². The number of oxazole rings is 1. The van der Waals surface area contributed by atoms with Crippen LogP contribution in [0.4, 0.5) is 0 Å². The van der Waals surface area contributed by atoms with Crippen LogP contribution in [0, 0.1) is 6.92 Å². The number of hydrogen-bond acceptors (Lipinski definition) is 4. The number of rotatable bonds is 2. The number of benzene rings is 2. The van der Waals surface area contributed by atoms with Gasteiger partial charge < -0.3 is 4.42 Å². The lowest BCUT2D eigenvalue weighted by molar-refractivity contribution is 0.391. The van der Waals surface area contributed by atoms with Crippen molar-refractivity contribution in [2.45, 2.75) is 24.8 Å². The Morgan fingerprint density at radius 2 is 1.92 bits per heavy atom. The first-order chi connectivity index (χ1) is 11.4. The highest BCUT2D eigenvalue weighted by Gasteiger charge is 2.30. The molecule has 0 aliphatic carbocycles. The van der Waals surface area contributed by atoms with Crippen molar-refractivity contribution in [2.24, 2.45) is 0 Å². The summed E-state index contributed by atoms with van der Waals surface area (Å²) in [4.78, 5) is 14.0. The van der Waals surface area contributed by atoms with Crippen molar-refractivity contribution >= 4 is 21.1 Å². The summed E-state index contributed by atoms with van der Waals surface area (Å²) in [6, 6.07) is 10.9. The van der Waals surface area contributed by atoms with Crippen molar-refractivity contribution < 1.29 is 12.8 Å². The van der Waals surface area contributed by atoms with Crippen molar-refractivity contribution in [2.75, 3.05) is 6.54 Å². The van der Waals surface area contributed by atoms with Gasteiger partial charge >= 0.3 is 5.76 Å². The zero-order valence-corrected chi connectivity index (χ0v) is 13.9. The number of hydrogen-bond donors (Lipinski definition) is 1. The van der Waals surface area contributed by atoms with Gasteiger partial charge in [0, 0.05) is 19.2 Å². The summed E-state index contributed by atoms with van der Waals surface area (Å²) in [5.74, 6) is -0.592. The Morgan fingerprint density at radius 1 is 1.17 bits per heavy atom. The molecular weight excluding hydrogens is 328 g/mol. The van der Waals surface area contributed by atoms with E-state index < -0.39 is 15.8 Å². The first kappa shape index (κ1) is 15.2.